The second-order valence-corrected chi connectivity index (χ2v) is 4.76. The van der Waals surface area contributed by atoms with Crippen molar-refractivity contribution in [2.45, 2.75) is 0 Å². The number of fused-ring (bicyclic) bond motifs is 1. The van der Waals surface area contributed by atoms with Gasteiger partial charge >= 0.3 is 5.97 Å². The number of rotatable bonds is 2. The summed E-state index contributed by atoms with van der Waals surface area (Å²) in [5, 5.41) is 14.6. The van der Waals surface area contributed by atoms with Crippen molar-refractivity contribution in [3.63, 3.8) is 0 Å². The maximum absolute atomic E-state index is 11.1. The van der Waals surface area contributed by atoms with E-state index in [9.17, 15) is 4.79 Å². The summed E-state index contributed by atoms with van der Waals surface area (Å²) in [5.41, 5.74) is 1.47. The first-order valence-electron chi connectivity index (χ1n) is 6.47. The molecule has 2 N–H and O–H groups in total. The van der Waals surface area contributed by atoms with Crippen LogP contribution in [-0.4, -0.2) is 37.3 Å². The number of aromatic carboxylic acids is 1. The molecule has 2 aromatic rings. The molecule has 0 unspecified atom stereocenters. The largest absolute Gasteiger partial charge is 0.478 e. The number of nitrogens with zero attached hydrogens (tertiary/aromatic N) is 1. The number of carbonyl (C=O) groups is 1. The normalized spacial score (nSPS) is 15.7. The second kappa shape index (κ2) is 4.90. The molecule has 0 atom stereocenters. The third-order valence-corrected chi connectivity index (χ3v) is 3.56. The quantitative estimate of drug-likeness (QED) is 0.862. The minimum Gasteiger partial charge on any atom is -0.478 e. The summed E-state index contributed by atoms with van der Waals surface area (Å²) in [5.74, 6) is -0.878. The molecule has 4 nitrogen and oxygen atoms in total. The van der Waals surface area contributed by atoms with Crippen molar-refractivity contribution in [2.24, 2.45) is 0 Å². The molecular formula is C15H16N2O2. The topological polar surface area (TPSA) is 52.6 Å². The third kappa shape index (κ3) is 2.27. The number of carboxylic acid groups (broad SMARTS) is 1. The van der Waals surface area contributed by atoms with Gasteiger partial charge in [-0.1, -0.05) is 18.2 Å². The molecule has 0 radical (unpaired) electrons. The van der Waals surface area contributed by atoms with Crippen molar-refractivity contribution < 1.29 is 9.90 Å². The Kier molecular flexibility index (Phi) is 3.09. The average molecular weight is 256 g/mol. The maximum Gasteiger partial charge on any atom is 0.335 e. The van der Waals surface area contributed by atoms with Crippen molar-refractivity contribution in [3.8, 4) is 0 Å². The second-order valence-electron chi connectivity index (χ2n) is 4.76. The number of benzene rings is 2. The van der Waals surface area contributed by atoms with Crippen LogP contribution in [0.2, 0.25) is 0 Å². The molecule has 0 bridgehead atoms. The third-order valence-electron chi connectivity index (χ3n) is 3.56. The van der Waals surface area contributed by atoms with Crippen LogP contribution in [0, 0.1) is 0 Å². The number of hydrogen-bond donors (Lipinski definition) is 2. The average Bonchev–Trinajstić information content (AvgIpc) is 2.47. The zero-order chi connectivity index (χ0) is 13.2. The van der Waals surface area contributed by atoms with Gasteiger partial charge in [0, 0.05) is 37.3 Å². The van der Waals surface area contributed by atoms with Crippen LogP contribution in [0.3, 0.4) is 0 Å². The molecular weight excluding hydrogens is 240 g/mol. The predicted octanol–water partition coefficient (Wildman–Crippen LogP) is 1.95. The minimum atomic E-state index is -0.878. The Bertz CT molecular complexity index is 619. The molecule has 1 aliphatic heterocycles. The van der Waals surface area contributed by atoms with Gasteiger partial charge in [0.1, 0.15) is 0 Å². The zero-order valence-electron chi connectivity index (χ0n) is 10.6. The highest BCUT2D eigenvalue weighted by molar-refractivity contribution is 6.00. The minimum absolute atomic E-state index is 0.343. The molecule has 0 aromatic heterocycles. The number of carboxylic acids is 1. The Morgan fingerprint density at radius 2 is 1.95 bits per heavy atom. The van der Waals surface area contributed by atoms with Crippen LogP contribution >= 0.6 is 0 Å². The highest BCUT2D eigenvalue weighted by Crippen LogP contribution is 2.28. The first-order valence-corrected chi connectivity index (χ1v) is 6.47. The molecule has 1 saturated heterocycles. The van der Waals surface area contributed by atoms with Crippen molar-refractivity contribution in [2.75, 3.05) is 31.1 Å². The summed E-state index contributed by atoms with van der Waals surface area (Å²) >= 11 is 0. The van der Waals surface area contributed by atoms with Gasteiger partial charge in [-0.15, -0.1) is 0 Å². The van der Waals surface area contributed by atoms with Gasteiger partial charge < -0.3 is 15.3 Å². The predicted molar refractivity (Wildman–Crippen MR) is 76.0 cm³/mol. The molecule has 0 aliphatic carbocycles. The van der Waals surface area contributed by atoms with Crippen molar-refractivity contribution in [3.05, 3.63) is 42.0 Å². The molecule has 1 heterocycles. The van der Waals surface area contributed by atoms with Crippen molar-refractivity contribution in [1.29, 1.82) is 0 Å². The summed E-state index contributed by atoms with van der Waals surface area (Å²) in [7, 11) is 0. The first kappa shape index (κ1) is 12.0. The van der Waals surface area contributed by atoms with Gasteiger partial charge in [0.25, 0.3) is 0 Å². The van der Waals surface area contributed by atoms with Gasteiger partial charge in [-0.25, -0.2) is 4.79 Å². The lowest BCUT2D eigenvalue weighted by atomic mass is 10.0. The van der Waals surface area contributed by atoms with E-state index in [2.05, 4.69) is 16.3 Å². The molecule has 0 saturated carbocycles. The van der Waals surface area contributed by atoms with E-state index in [4.69, 9.17) is 5.11 Å². The summed E-state index contributed by atoms with van der Waals surface area (Å²) < 4.78 is 0. The van der Waals surface area contributed by atoms with Gasteiger partial charge in [-0.05, 0) is 23.6 Å². The van der Waals surface area contributed by atoms with E-state index in [0.29, 0.717) is 5.56 Å². The first-order chi connectivity index (χ1) is 9.25. The molecule has 1 aliphatic rings. The van der Waals surface area contributed by atoms with E-state index < -0.39 is 5.97 Å². The van der Waals surface area contributed by atoms with Crippen LogP contribution in [-0.2, 0) is 0 Å². The highest BCUT2D eigenvalue weighted by atomic mass is 16.4. The lowest BCUT2D eigenvalue weighted by Gasteiger charge is -2.30. The summed E-state index contributed by atoms with van der Waals surface area (Å²) in [6.45, 7) is 3.84. The highest BCUT2D eigenvalue weighted by Gasteiger charge is 2.14. The van der Waals surface area contributed by atoms with E-state index in [0.717, 1.165) is 42.6 Å². The molecule has 1 fully saturated rings. The van der Waals surface area contributed by atoms with Gasteiger partial charge in [0.15, 0.2) is 0 Å². The molecule has 0 amide bonds. The number of nitrogens with one attached hydrogen (secondary N) is 1. The van der Waals surface area contributed by atoms with Gasteiger partial charge in [-0.3, -0.25) is 0 Å². The van der Waals surface area contributed by atoms with Crippen LogP contribution < -0.4 is 10.2 Å². The van der Waals surface area contributed by atoms with Gasteiger partial charge in [0.05, 0.1) is 5.56 Å². The van der Waals surface area contributed by atoms with E-state index in [1.165, 1.54) is 0 Å². The lowest BCUT2D eigenvalue weighted by Crippen LogP contribution is -2.43. The van der Waals surface area contributed by atoms with Gasteiger partial charge in [-0.2, -0.15) is 0 Å². The number of anilines is 1. The van der Waals surface area contributed by atoms with E-state index in [1.54, 1.807) is 12.1 Å². The fourth-order valence-electron chi connectivity index (χ4n) is 2.57. The zero-order valence-corrected chi connectivity index (χ0v) is 10.6. The lowest BCUT2D eigenvalue weighted by molar-refractivity contribution is 0.0697. The van der Waals surface area contributed by atoms with Crippen LogP contribution in [0.25, 0.3) is 10.8 Å². The maximum atomic E-state index is 11.1. The van der Waals surface area contributed by atoms with Crippen LogP contribution in [0.4, 0.5) is 5.69 Å². The van der Waals surface area contributed by atoms with E-state index in [1.807, 2.05) is 18.2 Å². The standard InChI is InChI=1S/C15H16N2O2/c18-15(19)12-5-4-11-2-1-3-14(13(11)10-12)17-8-6-16-7-9-17/h1-5,10,16H,6-9H2,(H,18,19). The Balaban J connectivity index is 2.11. The van der Waals surface area contributed by atoms with Gasteiger partial charge in [0.2, 0.25) is 0 Å². The fraction of sp³-hybridized carbons (Fsp3) is 0.267. The SMILES string of the molecule is O=C(O)c1ccc2cccc(N3CCNCC3)c2c1. The van der Waals surface area contributed by atoms with E-state index in [-0.39, 0.29) is 0 Å². The van der Waals surface area contributed by atoms with Crippen molar-refractivity contribution >= 4 is 22.4 Å². The molecule has 98 valence electrons. The Morgan fingerprint density at radius 1 is 1.16 bits per heavy atom. The summed E-state index contributed by atoms with van der Waals surface area (Å²) in [4.78, 5) is 13.4. The fourth-order valence-corrected chi connectivity index (χ4v) is 2.57. The van der Waals surface area contributed by atoms with Crippen LogP contribution in [0.15, 0.2) is 36.4 Å². The monoisotopic (exact) mass is 256 g/mol. The Labute approximate surface area is 111 Å². The molecule has 4 heteroatoms. The van der Waals surface area contributed by atoms with E-state index >= 15 is 0 Å². The Hall–Kier alpha value is -2.07. The molecule has 0 spiro atoms. The number of piperazine rings is 1. The Morgan fingerprint density at radius 3 is 2.68 bits per heavy atom. The smallest absolute Gasteiger partial charge is 0.335 e. The van der Waals surface area contributed by atoms with Crippen LogP contribution in [0.5, 0.6) is 0 Å². The summed E-state index contributed by atoms with van der Waals surface area (Å²) in [6, 6.07) is 11.4. The molecule has 3 rings (SSSR count). The van der Waals surface area contributed by atoms with Crippen LogP contribution in [0.1, 0.15) is 10.4 Å². The summed E-state index contributed by atoms with van der Waals surface area (Å²) in [6.07, 6.45) is 0. The van der Waals surface area contributed by atoms with Crippen molar-refractivity contribution in [1.82, 2.24) is 5.32 Å². The number of hydrogen-bond acceptors (Lipinski definition) is 3. The molecule has 19 heavy (non-hydrogen) atoms. The molecule has 2 aromatic carbocycles.